The summed E-state index contributed by atoms with van der Waals surface area (Å²) in [4.78, 5) is 15.3. The van der Waals surface area contributed by atoms with E-state index in [0.29, 0.717) is 11.5 Å². The smallest absolute Gasteiger partial charge is 0.375 e. The molecule has 7 nitrogen and oxygen atoms in total. The largest absolute Gasteiger partial charge is 0.475 e. The first-order valence-corrected chi connectivity index (χ1v) is 6.32. The van der Waals surface area contributed by atoms with Gasteiger partial charge in [0, 0.05) is 12.6 Å². The standard InChI is InChI=1S/C14H13N5O2/c1-9-11(8-18(2)16-9)19-13(10-6-4-3-5-7-10)15-12(17-19)14(20)21/h3-8H,1-2H3,(H,20,21). The summed E-state index contributed by atoms with van der Waals surface area (Å²) in [7, 11) is 1.80. The number of nitrogens with zero attached hydrogens (tertiary/aromatic N) is 5. The zero-order valence-corrected chi connectivity index (χ0v) is 11.6. The van der Waals surface area contributed by atoms with E-state index >= 15 is 0 Å². The highest BCUT2D eigenvalue weighted by atomic mass is 16.4. The number of aromatic carboxylic acids is 1. The van der Waals surface area contributed by atoms with E-state index in [2.05, 4.69) is 15.2 Å². The van der Waals surface area contributed by atoms with Crippen molar-refractivity contribution >= 4 is 5.97 Å². The Morgan fingerprint density at radius 3 is 2.48 bits per heavy atom. The Bertz CT molecular complexity index is 804. The summed E-state index contributed by atoms with van der Waals surface area (Å²) in [5.74, 6) is -0.923. The van der Waals surface area contributed by atoms with Crippen molar-refractivity contribution in [2.24, 2.45) is 7.05 Å². The maximum absolute atomic E-state index is 11.2. The van der Waals surface area contributed by atoms with Crippen LogP contribution in [0.5, 0.6) is 0 Å². The van der Waals surface area contributed by atoms with Gasteiger partial charge in [-0.05, 0) is 6.92 Å². The molecule has 2 heterocycles. The van der Waals surface area contributed by atoms with Crippen molar-refractivity contribution in [1.29, 1.82) is 0 Å². The van der Waals surface area contributed by atoms with Crippen molar-refractivity contribution in [3.8, 4) is 17.1 Å². The van der Waals surface area contributed by atoms with E-state index in [9.17, 15) is 4.79 Å². The van der Waals surface area contributed by atoms with Crippen LogP contribution in [-0.2, 0) is 7.05 Å². The molecule has 3 aromatic rings. The number of aromatic nitrogens is 5. The molecule has 0 bridgehead atoms. The second-order valence-corrected chi connectivity index (χ2v) is 4.62. The quantitative estimate of drug-likeness (QED) is 0.790. The lowest BCUT2D eigenvalue weighted by atomic mass is 10.2. The van der Waals surface area contributed by atoms with Crippen LogP contribution in [0.3, 0.4) is 0 Å². The van der Waals surface area contributed by atoms with Gasteiger partial charge in [0.1, 0.15) is 5.69 Å². The number of benzene rings is 1. The van der Waals surface area contributed by atoms with E-state index in [1.807, 2.05) is 37.3 Å². The van der Waals surface area contributed by atoms with Crippen molar-refractivity contribution < 1.29 is 9.90 Å². The number of carboxylic acid groups (broad SMARTS) is 1. The van der Waals surface area contributed by atoms with E-state index in [0.717, 1.165) is 11.3 Å². The molecule has 2 aromatic heterocycles. The molecular formula is C14H13N5O2. The van der Waals surface area contributed by atoms with Crippen LogP contribution in [0, 0.1) is 6.92 Å². The second kappa shape index (κ2) is 4.86. The minimum atomic E-state index is -1.16. The van der Waals surface area contributed by atoms with Crippen LogP contribution < -0.4 is 0 Å². The lowest BCUT2D eigenvalue weighted by Crippen LogP contribution is -2.02. The van der Waals surface area contributed by atoms with E-state index in [1.165, 1.54) is 4.68 Å². The summed E-state index contributed by atoms with van der Waals surface area (Å²) in [5.41, 5.74) is 2.24. The average molecular weight is 283 g/mol. The number of rotatable bonds is 3. The summed E-state index contributed by atoms with van der Waals surface area (Å²) in [6.45, 7) is 1.84. The molecule has 0 unspecified atom stereocenters. The monoisotopic (exact) mass is 283 g/mol. The van der Waals surface area contributed by atoms with Gasteiger partial charge in [0.25, 0.3) is 5.82 Å². The molecule has 106 valence electrons. The van der Waals surface area contributed by atoms with Crippen molar-refractivity contribution in [2.75, 3.05) is 0 Å². The Balaban J connectivity index is 2.24. The van der Waals surface area contributed by atoms with E-state index in [1.54, 1.807) is 17.9 Å². The van der Waals surface area contributed by atoms with Gasteiger partial charge in [-0.25, -0.2) is 14.5 Å². The molecule has 21 heavy (non-hydrogen) atoms. The number of carbonyl (C=O) groups is 1. The number of hydrogen-bond acceptors (Lipinski definition) is 4. The average Bonchev–Trinajstić information content (AvgIpc) is 3.03. The summed E-state index contributed by atoms with van der Waals surface area (Å²) in [6, 6.07) is 9.34. The maximum Gasteiger partial charge on any atom is 0.375 e. The highest BCUT2D eigenvalue weighted by Gasteiger charge is 2.19. The fraction of sp³-hybridized carbons (Fsp3) is 0.143. The molecule has 7 heteroatoms. The Morgan fingerprint density at radius 2 is 1.90 bits per heavy atom. The van der Waals surface area contributed by atoms with Crippen molar-refractivity contribution in [3.63, 3.8) is 0 Å². The van der Waals surface area contributed by atoms with Gasteiger partial charge in [-0.15, -0.1) is 5.10 Å². The Kier molecular flexibility index (Phi) is 3.02. The zero-order valence-electron chi connectivity index (χ0n) is 11.6. The van der Waals surface area contributed by atoms with Crippen LogP contribution in [0.2, 0.25) is 0 Å². The summed E-state index contributed by atoms with van der Waals surface area (Å²) >= 11 is 0. The number of carboxylic acids is 1. The van der Waals surface area contributed by atoms with Gasteiger partial charge in [-0.3, -0.25) is 4.68 Å². The van der Waals surface area contributed by atoms with Gasteiger partial charge in [-0.1, -0.05) is 30.3 Å². The van der Waals surface area contributed by atoms with Gasteiger partial charge in [0.2, 0.25) is 0 Å². The third kappa shape index (κ3) is 2.29. The Hall–Kier alpha value is -2.96. The summed E-state index contributed by atoms with van der Waals surface area (Å²) in [6.07, 6.45) is 1.78. The summed E-state index contributed by atoms with van der Waals surface area (Å²) < 4.78 is 3.17. The van der Waals surface area contributed by atoms with Crippen molar-refractivity contribution in [1.82, 2.24) is 24.5 Å². The van der Waals surface area contributed by atoms with E-state index in [4.69, 9.17) is 5.11 Å². The third-order valence-electron chi connectivity index (χ3n) is 3.05. The molecule has 1 aromatic carbocycles. The molecule has 0 aliphatic rings. The normalized spacial score (nSPS) is 10.8. The topological polar surface area (TPSA) is 85.8 Å². The Morgan fingerprint density at radius 1 is 1.19 bits per heavy atom. The van der Waals surface area contributed by atoms with E-state index < -0.39 is 5.97 Å². The van der Waals surface area contributed by atoms with Gasteiger partial charge in [0.05, 0.1) is 11.9 Å². The fourth-order valence-electron chi connectivity index (χ4n) is 2.14. The van der Waals surface area contributed by atoms with Gasteiger partial charge in [0.15, 0.2) is 5.82 Å². The zero-order chi connectivity index (χ0) is 15.0. The van der Waals surface area contributed by atoms with Crippen LogP contribution in [0.25, 0.3) is 17.1 Å². The molecule has 1 N–H and O–H groups in total. The predicted octanol–water partition coefficient (Wildman–Crippen LogP) is 1.67. The molecule has 0 saturated heterocycles. The van der Waals surface area contributed by atoms with Gasteiger partial charge >= 0.3 is 5.97 Å². The minimum absolute atomic E-state index is 0.239. The van der Waals surface area contributed by atoms with Crippen molar-refractivity contribution in [2.45, 2.75) is 6.92 Å². The second-order valence-electron chi connectivity index (χ2n) is 4.62. The number of aryl methyl sites for hydroxylation is 2. The predicted molar refractivity (Wildman–Crippen MR) is 75.3 cm³/mol. The molecule has 0 saturated carbocycles. The van der Waals surface area contributed by atoms with Crippen LogP contribution in [0.4, 0.5) is 0 Å². The molecule has 0 fully saturated rings. The molecule has 0 spiro atoms. The highest BCUT2D eigenvalue weighted by Crippen LogP contribution is 2.22. The molecular weight excluding hydrogens is 270 g/mol. The molecule has 0 radical (unpaired) electrons. The maximum atomic E-state index is 11.2. The van der Waals surface area contributed by atoms with Crippen LogP contribution in [-0.4, -0.2) is 35.6 Å². The first-order chi connectivity index (χ1) is 10.1. The first kappa shape index (κ1) is 13.0. The minimum Gasteiger partial charge on any atom is -0.475 e. The van der Waals surface area contributed by atoms with Gasteiger partial charge in [-0.2, -0.15) is 5.10 Å². The van der Waals surface area contributed by atoms with Crippen LogP contribution >= 0.6 is 0 Å². The molecule has 3 rings (SSSR count). The summed E-state index contributed by atoms with van der Waals surface area (Å²) in [5, 5.41) is 17.5. The SMILES string of the molecule is Cc1nn(C)cc1-n1nc(C(=O)O)nc1-c1ccccc1. The van der Waals surface area contributed by atoms with E-state index in [-0.39, 0.29) is 5.82 Å². The molecule has 0 aliphatic carbocycles. The van der Waals surface area contributed by atoms with Gasteiger partial charge < -0.3 is 5.11 Å². The highest BCUT2D eigenvalue weighted by molar-refractivity contribution is 5.84. The number of hydrogen-bond donors (Lipinski definition) is 1. The molecule has 0 aliphatic heterocycles. The Labute approximate surface area is 120 Å². The van der Waals surface area contributed by atoms with Crippen molar-refractivity contribution in [3.05, 3.63) is 48.0 Å². The molecule has 0 amide bonds. The first-order valence-electron chi connectivity index (χ1n) is 6.32. The van der Waals surface area contributed by atoms with Crippen LogP contribution in [0.15, 0.2) is 36.5 Å². The third-order valence-corrected chi connectivity index (χ3v) is 3.05. The fourth-order valence-corrected chi connectivity index (χ4v) is 2.14. The van der Waals surface area contributed by atoms with Crippen LogP contribution in [0.1, 0.15) is 16.3 Å². The lowest BCUT2D eigenvalue weighted by Gasteiger charge is -2.03. The molecule has 0 atom stereocenters. The lowest BCUT2D eigenvalue weighted by molar-refractivity contribution is 0.0683.